The number of nitrogens with zero attached hydrogens (tertiary/aromatic N) is 3. The second kappa shape index (κ2) is 7.10. The van der Waals surface area contributed by atoms with Gasteiger partial charge in [0, 0.05) is 0 Å². The molecule has 1 aromatic heterocycles. The third-order valence-electron chi connectivity index (χ3n) is 5.81. The maximum absolute atomic E-state index is 13.3. The zero-order valence-corrected chi connectivity index (χ0v) is 15.2. The van der Waals surface area contributed by atoms with Gasteiger partial charge in [-0.15, -0.1) is 0 Å². The number of alkyl halides is 3. The van der Waals surface area contributed by atoms with Crippen LogP contribution in [0.25, 0.3) is 11.0 Å². The van der Waals surface area contributed by atoms with Crippen molar-refractivity contribution in [3.63, 3.8) is 0 Å². The van der Waals surface area contributed by atoms with Crippen molar-refractivity contribution in [2.45, 2.75) is 44.8 Å². The number of aromatic nitrogens is 2. The fourth-order valence-electron chi connectivity index (χ4n) is 4.63. The van der Waals surface area contributed by atoms with Gasteiger partial charge < -0.3 is 15.1 Å². The van der Waals surface area contributed by atoms with Crippen LogP contribution in [0.15, 0.2) is 29.4 Å². The van der Waals surface area contributed by atoms with E-state index in [4.69, 9.17) is 10.6 Å². The van der Waals surface area contributed by atoms with Crippen LogP contribution >= 0.6 is 0 Å². The molecule has 9 heteroatoms. The van der Waals surface area contributed by atoms with E-state index in [1.165, 1.54) is 25.0 Å². The molecule has 3 unspecified atom stereocenters. The standard InChI is InChI=1S/C19H21F3N4O2/c20-19(21,22)18-24-14-3-1-2-4-15(14)26(18)10-16(23)25-28-17(27)9-13-8-11-5-6-12(13)7-11/h1-4,11-13H,5-10H2,(H2,23,25). The van der Waals surface area contributed by atoms with Crippen molar-refractivity contribution in [3.8, 4) is 0 Å². The predicted octanol–water partition coefficient (Wildman–Crippen LogP) is 3.70. The van der Waals surface area contributed by atoms with Crippen LogP contribution in [-0.2, 0) is 22.4 Å². The molecule has 4 rings (SSSR count). The normalized spacial score (nSPS) is 24.8. The first-order chi connectivity index (χ1) is 13.3. The Balaban J connectivity index is 1.44. The number of nitrogens with two attached hydrogens (primary N) is 1. The minimum absolute atomic E-state index is 0.205. The van der Waals surface area contributed by atoms with Crippen LogP contribution in [0.4, 0.5) is 13.2 Å². The van der Waals surface area contributed by atoms with Crippen molar-refractivity contribution in [1.29, 1.82) is 0 Å². The summed E-state index contributed by atoms with van der Waals surface area (Å²) < 4.78 is 40.8. The fourth-order valence-corrected chi connectivity index (χ4v) is 4.63. The fraction of sp³-hybridized carbons (Fsp3) is 0.526. The topological polar surface area (TPSA) is 82.5 Å². The average molecular weight is 394 g/mol. The van der Waals surface area contributed by atoms with Crippen molar-refractivity contribution in [3.05, 3.63) is 30.1 Å². The minimum Gasteiger partial charge on any atom is -0.383 e. The largest absolute Gasteiger partial charge is 0.449 e. The molecule has 6 nitrogen and oxygen atoms in total. The van der Waals surface area contributed by atoms with Crippen LogP contribution in [0.5, 0.6) is 0 Å². The van der Waals surface area contributed by atoms with Gasteiger partial charge >= 0.3 is 12.1 Å². The van der Waals surface area contributed by atoms with Crippen molar-refractivity contribution in [2.24, 2.45) is 28.6 Å². The van der Waals surface area contributed by atoms with E-state index in [9.17, 15) is 18.0 Å². The molecule has 2 aliphatic rings. The highest BCUT2D eigenvalue weighted by molar-refractivity contribution is 5.84. The predicted molar refractivity (Wildman–Crippen MR) is 96.0 cm³/mol. The highest BCUT2D eigenvalue weighted by Crippen LogP contribution is 2.49. The zero-order chi connectivity index (χ0) is 19.9. The Bertz CT molecular complexity index is 922. The summed E-state index contributed by atoms with van der Waals surface area (Å²) >= 11 is 0. The monoisotopic (exact) mass is 394 g/mol. The molecule has 2 aromatic rings. The molecule has 1 aromatic carbocycles. The lowest BCUT2D eigenvalue weighted by Crippen LogP contribution is -2.25. The quantitative estimate of drug-likeness (QED) is 0.363. The van der Waals surface area contributed by atoms with E-state index in [0.717, 1.165) is 17.4 Å². The molecule has 2 fully saturated rings. The summed E-state index contributed by atoms with van der Waals surface area (Å²) in [5.41, 5.74) is 6.23. The number of halogens is 3. The molecule has 0 saturated heterocycles. The van der Waals surface area contributed by atoms with Crippen LogP contribution in [0, 0.1) is 17.8 Å². The molecule has 0 aliphatic heterocycles. The Morgan fingerprint density at radius 3 is 2.75 bits per heavy atom. The van der Waals surface area contributed by atoms with Gasteiger partial charge in [0.15, 0.2) is 5.84 Å². The molecule has 2 bridgehead atoms. The van der Waals surface area contributed by atoms with Gasteiger partial charge in [0.1, 0.15) is 0 Å². The number of hydrogen-bond donors (Lipinski definition) is 1. The summed E-state index contributed by atoms with van der Waals surface area (Å²) in [7, 11) is 0. The molecular formula is C19H21F3N4O2. The second-order valence-electron chi connectivity index (χ2n) is 7.69. The van der Waals surface area contributed by atoms with Gasteiger partial charge in [-0.05, 0) is 49.1 Å². The molecule has 3 atom stereocenters. The van der Waals surface area contributed by atoms with Crippen molar-refractivity contribution in [2.75, 3.05) is 0 Å². The molecular weight excluding hydrogens is 373 g/mol. The molecule has 0 radical (unpaired) electrons. The molecule has 2 N–H and O–H groups in total. The third-order valence-corrected chi connectivity index (χ3v) is 5.81. The van der Waals surface area contributed by atoms with E-state index in [2.05, 4.69) is 10.1 Å². The number of rotatable bonds is 5. The number of benzene rings is 1. The number of oxime groups is 1. The van der Waals surface area contributed by atoms with Crippen LogP contribution < -0.4 is 5.73 Å². The number of imidazole rings is 1. The molecule has 0 spiro atoms. The lowest BCUT2D eigenvalue weighted by molar-refractivity contribution is -0.147. The van der Waals surface area contributed by atoms with Gasteiger partial charge in [-0.3, -0.25) is 0 Å². The summed E-state index contributed by atoms with van der Waals surface area (Å²) in [6.07, 6.45) is 0.243. The van der Waals surface area contributed by atoms with E-state index < -0.39 is 18.0 Å². The van der Waals surface area contributed by atoms with Crippen molar-refractivity contribution >= 4 is 22.8 Å². The number of amidine groups is 1. The molecule has 2 saturated carbocycles. The van der Waals surface area contributed by atoms with Gasteiger partial charge in [0.05, 0.1) is 24.0 Å². The maximum atomic E-state index is 13.3. The first kappa shape index (κ1) is 18.8. The van der Waals surface area contributed by atoms with Crippen LogP contribution in [0.2, 0.25) is 0 Å². The summed E-state index contributed by atoms with van der Waals surface area (Å²) in [5, 5.41) is 3.56. The van der Waals surface area contributed by atoms with E-state index in [-0.39, 0.29) is 29.8 Å². The minimum atomic E-state index is -4.64. The van der Waals surface area contributed by atoms with Crippen molar-refractivity contribution in [1.82, 2.24) is 9.55 Å². The van der Waals surface area contributed by atoms with Gasteiger partial charge in [0.2, 0.25) is 5.82 Å². The smallest absolute Gasteiger partial charge is 0.383 e. The van der Waals surface area contributed by atoms with Gasteiger partial charge in [-0.2, -0.15) is 13.2 Å². The number of fused-ring (bicyclic) bond motifs is 3. The van der Waals surface area contributed by atoms with Crippen LogP contribution in [0.1, 0.15) is 37.9 Å². The Morgan fingerprint density at radius 2 is 2.07 bits per heavy atom. The average Bonchev–Trinajstić information content (AvgIpc) is 3.34. The molecule has 1 heterocycles. The summed E-state index contributed by atoms with van der Waals surface area (Å²) in [4.78, 5) is 20.5. The lowest BCUT2D eigenvalue weighted by atomic mass is 9.86. The highest BCUT2D eigenvalue weighted by atomic mass is 19.4. The van der Waals surface area contributed by atoms with Gasteiger partial charge in [0.25, 0.3) is 0 Å². The molecule has 28 heavy (non-hydrogen) atoms. The molecule has 150 valence electrons. The number of carbonyl (C=O) groups is 1. The lowest BCUT2D eigenvalue weighted by Gasteiger charge is -2.19. The van der Waals surface area contributed by atoms with Gasteiger partial charge in [-0.1, -0.05) is 23.7 Å². The van der Waals surface area contributed by atoms with Crippen molar-refractivity contribution < 1.29 is 22.8 Å². The third kappa shape index (κ3) is 3.70. The van der Waals surface area contributed by atoms with E-state index in [0.29, 0.717) is 17.8 Å². The van der Waals surface area contributed by atoms with Crippen LogP contribution in [0.3, 0.4) is 0 Å². The Hall–Kier alpha value is -2.58. The number of hydrogen-bond acceptors (Lipinski definition) is 4. The Labute approximate surface area is 159 Å². The number of carbonyl (C=O) groups excluding carboxylic acids is 1. The first-order valence-corrected chi connectivity index (χ1v) is 9.36. The van der Waals surface area contributed by atoms with E-state index in [1.54, 1.807) is 12.1 Å². The maximum Gasteiger partial charge on any atom is 0.449 e. The molecule has 0 amide bonds. The summed E-state index contributed by atoms with van der Waals surface area (Å²) in [6.45, 7) is -0.378. The SMILES string of the molecule is N/C(Cn1c(C(F)(F)F)nc2ccccc21)=N\OC(=O)CC1CC2CCC1C2. The van der Waals surface area contributed by atoms with E-state index in [1.807, 2.05) is 0 Å². The van der Waals surface area contributed by atoms with Crippen LogP contribution in [-0.4, -0.2) is 21.4 Å². The first-order valence-electron chi connectivity index (χ1n) is 9.36. The van der Waals surface area contributed by atoms with E-state index >= 15 is 0 Å². The summed E-state index contributed by atoms with van der Waals surface area (Å²) in [6, 6.07) is 6.23. The summed E-state index contributed by atoms with van der Waals surface area (Å²) in [5.74, 6) is -0.184. The van der Waals surface area contributed by atoms with Gasteiger partial charge in [-0.25, -0.2) is 9.78 Å². The number of para-hydroxylation sites is 2. The zero-order valence-electron chi connectivity index (χ0n) is 15.2. The highest BCUT2D eigenvalue weighted by Gasteiger charge is 2.40. The Morgan fingerprint density at radius 1 is 1.29 bits per heavy atom. The second-order valence-corrected chi connectivity index (χ2v) is 7.69. The molecule has 2 aliphatic carbocycles. The Kier molecular flexibility index (Phi) is 4.76.